The highest BCUT2D eigenvalue weighted by Crippen LogP contribution is 2.16. The lowest BCUT2D eigenvalue weighted by Crippen LogP contribution is -2.35. The topological polar surface area (TPSA) is 74.2 Å². The van der Waals surface area contributed by atoms with Crippen molar-refractivity contribution in [3.8, 4) is 11.8 Å². The molecule has 2 aromatic rings. The molecule has 0 saturated heterocycles. The van der Waals surface area contributed by atoms with Gasteiger partial charge in [-0.3, -0.25) is 0 Å². The Balaban J connectivity index is 1.90. The van der Waals surface area contributed by atoms with Crippen LogP contribution in [0.25, 0.3) is 0 Å². The highest BCUT2D eigenvalue weighted by atomic mass is 16.5. The van der Waals surface area contributed by atoms with Crippen LogP contribution in [0.5, 0.6) is 5.75 Å². The van der Waals surface area contributed by atoms with Gasteiger partial charge in [0, 0.05) is 11.7 Å². The predicted molar refractivity (Wildman–Crippen MR) is 98.4 cm³/mol. The van der Waals surface area contributed by atoms with Crippen molar-refractivity contribution >= 4 is 11.7 Å². The largest absolute Gasteiger partial charge is 0.489 e. The van der Waals surface area contributed by atoms with Gasteiger partial charge in [0.1, 0.15) is 12.4 Å². The Kier molecular flexibility index (Phi) is 6.85. The fourth-order valence-electron chi connectivity index (χ4n) is 2.19. The maximum absolute atomic E-state index is 11.9. The lowest BCUT2D eigenvalue weighted by Gasteiger charge is -2.13. The standard InChI is InChI=1S/C20H23N3O2/c1-3-15(2)22-20(24)23-18-6-4-5-17(13-18)14-25-19-9-7-16(8-10-19)11-12-21/h4-10,13,15H,3,11,14H2,1-2H3,(H2,22,23,24). The van der Waals surface area contributed by atoms with Crippen molar-refractivity contribution in [2.75, 3.05) is 5.32 Å². The van der Waals surface area contributed by atoms with E-state index in [1.807, 2.05) is 62.4 Å². The molecule has 5 heteroatoms. The van der Waals surface area contributed by atoms with Crippen molar-refractivity contribution in [2.24, 2.45) is 0 Å². The summed E-state index contributed by atoms with van der Waals surface area (Å²) < 4.78 is 5.76. The Labute approximate surface area is 148 Å². The van der Waals surface area contributed by atoms with Gasteiger partial charge < -0.3 is 15.4 Å². The molecule has 0 fully saturated rings. The fraction of sp³-hybridized carbons (Fsp3) is 0.300. The monoisotopic (exact) mass is 337 g/mol. The summed E-state index contributed by atoms with van der Waals surface area (Å²) in [5, 5.41) is 14.4. The average molecular weight is 337 g/mol. The number of hydrogen-bond donors (Lipinski definition) is 2. The number of ether oxygens (including phenoxy) is 1. The highest BCUT2D eigenvalue weighted by Gasteiger charge is 2.06. The summed E-state index contributed by atoms with van der Waals surface area (Å²) in [6, 6.07) is 17.1. The van der Waals surface area contributed by atoms with Crippen LogP contribution >= 0.6 is 0 Å². The van der Waals surface area contributed by atoms with Crippen LogP contribution in [-0.2, 0) is 13.0 Å². The maximum Gasteiger partial charge on any atom is 0.319 e. The summed E-state index contributed by atoms with van der Waals surface area (Å²) in [5.41, 5.74) is 2.65. The first-order valence-corrected chi connectivity index (χ1v) is 8.36. The maximum atomic E-state index is 11.9. The molecule has 0 radical (unpaired) electrons. The van der Waals surface area contributed by atoms with E-state index in [4.69, 9.17) is 10.00 Å². The van der Waals surface area contributed by atoms with Gasteiger partial charge in [-0.15, -0.1) is 0 Å². The second kappa shape index (κ2) is 9.33. The number of nitrogens with zero attached hydrogens (tertiary/aromatic N) is 1. The summed E-state index contributed by atoms with van der Waals surface area (Å²) in [7, 11) is 0. The zero-order valence-corrected chi connectivity index (χ0v) is 14.6. The number of benzene rings is 2. The molecule has 130 valence electrons. The molecule has 2 aromatic carbocycles. The SMILES string of the molecule is CCC(C)NC(=O)Nc1cccc(COc2ccc(CC#N)cc2)c1. The van der Waals surface area contributed by atoms with Gasteiger partial charge in [0.25, 0.3) is 0 Å². The van der Waals surface area contributed by atoms with E-state index in [0.717, 1.165) is 29.0 Å². The first-order valence-electron chi connectivity index (χ1n) is 8.36. The number of amides is 2. The van der Waals surface area contributed by atoms with Crippen molar-refractivity contribution in [1.29, 1.82) is 5.26 Å². The Morgan fingerprint density at radius 1 is 1.20 bits per heavy atom. The van der Waals surface area contributed by atoms with Crippen LogP contribution < -0.4 is 15.4 Å². The van der Waals surface area contributed by atoms with E-state index in [9.17, 15) is 4.79 Å². The van der Waals surface area contributed by atoms with Gasteiger partial charge in [0.2, 0.25) is 0 Å². The molecule has 0 heterocycles. The molecule has 0 saturated carbocycles. The molecule has 0 aliphatic carbocycles. The summed E-state index contributed by atoms with van der Waals surface area (Å²) in [6.07, 6.45) is 1.28. The summed E-state index contributed by atoms with van der Waals surface area (Å²) in [5.74, 6) is 0.745. The minimum Gasteiger partial charge on any atom is -0.489 e. The Bertz CT molecular complexity index is 735. The molecule has 25 heavy (non-hydrogen) atoms. The van der Waals surface area contributed by atoms with Crippen LogP contribution in [0.15, 0.2) is 48.5 Å². The van der Waals surface area contributed by atoms with E-state index in [2.05, 4.69) is 16.7 Å². The van der Waals surface area contributed by atoms with Crippen LogP contribution in [0.3, 0.4) is 0 Å². The van der Waals surface area contributed by atoms with E-state index in [1.54, 1.807) is 0 Å². The summed E-state index contributed by atoms with van der Waals surface area (Å²) in [4.78, 5) is 11.9. The Hall–Kier alpha value is -3.00. The minimum absolute atomic E-state index is 0.135. The first kappa shape index (κ1) is 18.3. The number of nitrogens with one attached hydrogen (secondary N) is 2. The van der Waals surface area contributed by atoms with Crippen molar-refractivity contribution in [3.05, 3.63) is 59.7 Å². The molecule has 0 aliphatic rings. The van der Waals surface area contributed by atoms with Gasteiger partial charge >= 0.3 is 6.03 Å². The number of rotatable bonds is 7. The van der Waals surface area contributed by atoms with E-state index < -0.39 is 0 Å². The number of carbonyl (C=O) groups excluding carboxylic acids is 1. The molecule has 0 bridgehead atoms. The van der Waals surface area contributed by atoms with Crippen molar-refractivity contribution < 1.29 is 9.53 Å². The van der Waals surface area contributed by atoms with Crippen LogP contribution in [-0.4, -0.2) is 12.1 Å². The number of carbonyl (C=O) groups is 1. The van der Waals surface area contributed by atoms with Crippen molar-refractivity contribution in [3.63, 3.8) is 0 Å². The number of anilines is 1. The average Bonchev–Trinajstić information content (AvgIpc) is 2.61. The molecular formula is C20H23N3O2. The fourth-order valence-corrected chi connectivity index (χ4v) is 2.19. The van der Waals surface area contributed by atoms with E-state index >= 15 is 0 Å². The molecule has 0 spiro atoms. The molecule has 1 atom stereocenters. The Morgan fingerprint density at radius 3 is 2.64 bits per heavy atom. The molecule has 5 nitrogen and oxygen atoms in total. The van der Waals surface area contributed by atoms with Gasteiger partial charge in [-0.1, -0.05) is 31.2 Å². The normalized spacial score (nSPS) is 11.2. The van der Waals surface area contributed by atoms with Gasteiger partial charge in [0.05, 0.1) is 12.5 Å². The molecule has 0 aromatic heterocycles. The zero-order valence-electron chi connectivity index (χ0n) is 14.6. The zero-order chi connectivity index (χ0) is 18.1. The van der Waals surface area contributed by atoms with Gasteiger partial charge in [0.15, 0.2) is 0 Å². The van der Waals surface area contributed by atoms with Crippen LogP contribution in [0, 0.1) is 11.3 Å². The third-order valence-electron chi connectivity index (χ3n) is 3.79. The van der Waals surface area contributed by atoms with Crippen molar-refractivity contribution in [2.45, 2.75) is 39.3 Å². The van der Waals surface area contributed by atoms with Gasteiger partial charge in [-0.25, -0.2) is 4.79 Å². The van der Waals surface area contributed by atoms with Crippen LogP contribution in [0.1, 0.15) is 31.4 Å². The van der Waals surface area contributed by atoms with Crippen molar-refractivity contribution in [1.82, 2.24) is 5.32 Å². The predicted octanol–water partition coefficient (Wildman–Crippen LogP) is 4.25. The molecule has 2 N–H and O–H groups in total. The lowest BCUT2D eigenvalue weighted by molar-refractivity contribution is 0.249. The molecular weight excluding hydrogens is 314 g/mol. The number of urea groups is 1. The summed E-state index contributed by atoms with van der Waals surface area (Å²) >= 11 is 0. The summed E-state index contributed by atoms with van der Waals surface area (Å²) in [6.45, 7) is 4.39. The smallest absolute Gasteiger partial charge is 0.319 e. The van der Waals surface area contributed by atoms with Gasteiger partial charge in [-0.2, -0.15) is 5.26 Å². The number of nitriles is 1. The van der Waals surface area contributed by atoms with Gasteiger partial charge in [-0.05, 0) is 48.7 Å². The van der Waals surface area contributed by atoms with E-state index in [0.29, 0.717) is 13.0 Å². The third kappa shape index (κ3) is 6.19. The number of hydrogen-bond acceptors (Lipinski definition) is 3. The molecule has 0 aliphatic heterocycles. The second-order valence-corrected chi connectivity index (χ2v) is 5.88. The molecule has 2 rings (SSSR count). The highest BCUT2D eigenvalue weighted by molar-refractivity contribution is 5.89. The van der Waals surface area contributed by atoms with E-state index in [1.165, 1.54) is 0 Å². The quantitative estimate of drug-likeness (QED) is 0.793. The van der Waals surface area contributed by atoms with Crippen LogP contribution in [0.4, 0.5) is 10.5 Å². The van der Waals surface area contributed by atoms with Crippen LogP contribution in [0.2, 0.25) is 0 Å². The first-order chi connectivity index (χ1) is 12.1. The third-order valence-corrected chi connectivity index (χ3v) is 3.79. The lowest BCUT2D eigenvalue weighted by atomic mass is 10.1. The Morgan fingerprint density at radius 2 is 1.96 bits per heavy atom. The van der Waals surface area contributed by atoms with E-state index in [-0.39, 0.29) is 12.1 Å². The second-order valence-electron chi connectivity index (χ2n) is 5.88. The molecule has 2 amide bonds. The molecule has 1 unspecified atom stereocenters. The minimum atomic E-state index is -0.208.